The standard InChI is InChI=1S/C28H28N6O5/c1-4-5-9-17-23(25-20(37-2)11-8-12-21(25)38-3)26(35)24(27(36)30-17)19-14-16(31-32-19)15-22-33-34-28(39-22)18-10-6-7-13-29-18/h6-8,10-13H,4-5,9,14-15H2,1-3H3,(H2,30,35,36). The van der Waals surface area contributed by atoms with Gasteiger partial charge in [-0.3, -0.25) is 9.78 Å². The van der Waals surface area contributed by atoms with Crippen molar-refractivity contribution in [1.82, 2.24) is 20.2 Å². The van der Waals surface area contributed by atoms with Crippen LogP contribution in [0.4, 0.5) is 0 Å². The average molecular weight is 529 g/mol. The highest BCUT2D eigenvalue weighted by atomic mass is 16.5. The number of rotatable bonds is 10. The van der Waals surface area contributed by atoms with Gasteiger partial charge in [-0.1, -0.05) is 25.5 Å². The molecular weight excluding hydrogens is 500 g/mol. The second-order valence-corrected chi connectivity index (χ2v) is 8.95. The van der Waals surface area contributed by atoms with E-state index in [9.17, 15) is 9.90 Å². The summed E-state index contributed by atoms with van der Waals surface area (Å²) in [4.78, 5) is 20.5. The maximum absolute atomic E-state index is 13.3. The highest BCUT2D eigenvalue weighted by Gasteiger charge is 2.28. The van der Waals surface area contributed by atoms with Crippen LogP contribution in [-0.2, 0) is 12.8 Å². The maximum atomic E-state index is 13.3. The zero-order valence-corrected chi connectivity index (χ0v) is 21.9. The minimum atomic E-state index is -0.443. The van der Waals surface area contributed by atoms with Gasteiger partial charge in [0.25, 0.3) is 11.4 Å². The third kappa shape index (κ3) is 5.15. The van der Waals surface area contributed by atoms with Gasteiger partial charge in [-0.05, 0) is 37.1 Å². The van der Waals surface area contributed by atoms with Crippen molar-refractivity contribution in [3.63, 3.8) is 0 Å². The molecule has 0 fully saturated rings. The lowest BCUT2D eigenvalue weighted by Gasteiger charge is -2.19. The van der Waals surface area contributed by atoms with Crippen LogP contribution in [0.25, 0.3) is 22.7 Å². The minimum absolute atomic E-state index is 0.0525. The van der Waals surface area contributed by atoms with Crippen LogP contribution in [0.2, 0.25) is 0 Å². The van der Waals surface area contributed by atoms with Gasteiger partial charge in [0.2, 0.25) is 5.89 Å². The van der Waals surface area contributed by atoms with E-state index in [1.807, 2.05) is 6.07 Å². The molecule has 4 heterocycles. The van der Waals surface area contributed by atoms with Crippen LogP contribution in [0.3, 0.4) is 0 Å². The third-order valence-electron chi connectivity index (χ3n) is 6.40. The van der Waals surface area contributed by atoms with Gasteiger partial charge in [0, 0.05) is 18.3 Å². The zero-order chi connectivity index (χ0) is 27.4. The number of pyridine rings is 2. The number of nitrogens with zero attached hydrogens (tertiary/aromatic N) is 5. The number of hydrogen-bond acceptors (Lipinski definition) is 10. The molecule has 11 heteroatoms. The Labute approximate surface area is 224 Å². The number of benzene rings is 1. The molecule has 2 N–H and O–H groups in total. The van der Waals surface area contributed by atoms with Crippen LogP contribution in [0, 0.1) is 0 Å². The summed E-state index contributed by atoms with van der Waals surface area (Å²) >= 11 is 0. The largest absolute Gasteiger partial charge is 0.506 e. The van der Waals surface area contributed by atoms with Crippen molar-refractivity contribution in [2.75, 3.05) is 14.2 Å². The van der Waals surface area contributed by atoms with Crippen molar-refractivity contribution in [2.45, 2.75) is 39.0 Å². The molecule has 0 aliphatic carbocycles. The Morgan fingerprint density at radius 2 is 1.79 bits per heavy atom. The summed E-state index contributed by atoms with van der Waals surface area (Å²) in [5, 5.41) is 28.2. The predicted molar refractivity (Wildman–Crippen MR) is 146 cm³/mol. The molecule has 1 aliphatic rings. The predicted octanol–water partition coefficient (Wildman–Crippen LogP) is 4.34. The summed E-state index contributed by atoms with van der Waals surface area (Å²) < 4.78 is 17.0. The van der Waals surface area contributed by atoms with Gasteiger partial charge in [0.15, 0.2) is 0 Å². The van der Waals surface area contributed by atoms with Gasteiger partial charge in [-0.15, -0.1) is 10.2 Å². The van der Waals surface area contributed by atoms with Crippen molar-refractivity contribution in [1.29, 1.82) is 0 Å². The van der Waals surface area contributed by atoms with Gasteiger partial charge in [-0.2, -0.15) is 10.2 Å². The minimum Gasteiger partial charge on any atom is -0.506 e. The molecule has 0 amide bonds. The SMILES string of the molecule is CCCCc1[nH]c(=O)c(C2=NN=C(Cc3nnc(-c4ccccn4)o3)C2)c(O)c1-c1c(OC)cccc1OC. The summed E-state index contributed by atoms with van der Waals surface area (Å²) in [5.74, 6) is 1.46. The molecule has 0 bridgehead atoms. The Morgan fingerprint density at radius 1 is 1.00 bits per heavy atom. The Bertz CT molecular complexity index is 1580. The van der Waals surface area contributed by atoms with E-state index in [1.165, 1.54) is 0 Å². The quantitative estimate of drug-likeness (QED) is 0.309. The first-order valence-corrected chi connectivity index (χ1v) is 12.6. The van der Waals surface area contributed by atoms with Crippen molar-refractivity contribution in [3.8, 4) is 40.0 Å². The number of aromatic nitrogens is 4. The van der Waals surface area contributed by atoms with E-state index >= 15 is 0 Å². The molecule has 0 saturated heterocycles. The number of aromatic amines is 1. The zero-order valence-electron chi connectivity index (χ0n) is 21.9. The van der Waals surface area contributed by atoms with Crippen molar-refractivity contribution in [3.05, 3.63) is 70.1 Å². The Balaban J connectivity index is 1.47. The molecule has 1 aromatic carbocycles. The van der Waals surface area contributed by atoms with E-state index < -0.39 is 5.56 Å². The molecule has 0 spiro atoms. The van der Waals surface area contributed by atoms with Crippen LogP contribution in [0.5, 0.6) is 17.2 Å². The Morgan fingerprint density at radius 3 is 2.49 bits per heavy atom. The summed E-state index contributed by atoms with van der Waals surface area (Å²) in [6.45, 7) is 2.06. The Hall–Kier alpha value is -4.80. The molecule has 0 unspecified atom stereocenters. The van der Waals surface area contributed by atoms with E-state index in [4.69, 9.17) is 13.9 Å². The lowest BCUT2D eigenvalue weighted by molar-refractivity contribution is 0.396. The fourth-order valence-electron chi connectivity index (χ4n) is 4.54. The molecule has 5 rings (SSSR count). The number of aryl methyl sites for hydroxylation is 1. The molecular formula is C28H28N6O5. The molecule has 11 nitrogen and oxygen atoms in total. The first-order valence-electron chi connectivity index (χ1n) is 12.6. The van der Waals surface area contributed by atoms with Gasteiger partial charge >= 0.3 is 0 Å². The number of nitrogens with one attached hydrogen (secondary N) is 1. The number of aromatic hydroxyl groups is 1. The lowest BCUT2D eigenvalue weighted by Crippen LogP contribution is -2.22. The maximum Gasteiger partial charge on any atom is 0.266 e. The third-order valence-corrected chi connectivity index (χ3v) is 6.40. The summed E-state index contributed by atoms with van der Waals surface area (Å²) in [5.41, 5.74) is 2.73. The topological polar surface area (TPSA) is 148 Å². The second kappa shape index (κ2) is 11.3. The number of methoxy groups -OCH3 is 2. The molecule has 1 aliphatic heterocycles. The van der Waals surface area contributed by atoms with E-state index in [-0.39, 0.29) is 24.2 Å². The number of H-pyrrole nitrogens is 1. The molecule has 0 saturated carbocycles. The highest BCUT2D eigenvalue weighted by molar-refractivity contribution is 6.17. The normalized spacial score (nSPS) is 12.8. The van der Waals surface area contributed by atoms with Gasteiger partial charge < -0.3 is 24.0 Å². The lowest BCUT2D eigenvalue weighted by atomic mass is 9.93. The van der Waals surface area contributed by atoms with Gasteiger partial charge in [0.05, 0.1) is 43.2 Å². The van der Waals surface area contributed by atoms with E-state index in [0.29, 0.717) is 63.6 Å². The molecule has 0 atom stereocenters. The van der Waals surface area contributed by atoms with Crippen LogP contribution in [0.1, 0.15) is 43.3 Å². The summed E-state index contributed by atoms with van der Waals surface area (Å²) in [6, 6.07) is 10.8. The average Bonchev–Trinajstić information content (AvgIpc) is 3.62. The summed E-state index contributed by atoms with van der Waals surface area (Å²) in [6.07, 6.45) is 4.40. The molecule has 3 aromatic heterocycles. The highest BCUT2D eigenvalue weighted by Crippen LogP contribution is 2.45. The number of hydrogen-bond donors (Lipinski definition) is 2. The second-order valence-electron chi connectivity index (χ2n) is 8.95. The van der Waals surface area contributed by atoms with Crippen LogP contribution >= 0.6 is 0 Å². The van der Waals surface area contributed by atoms with Gasteiger partial charge in [0.1, 0.15) is 28.5 Å². The van der Waals surface area contributed by atoms with Crippen LogP contribution in [0.15, 0.2) is 62.0 Å². The van der Waals surface area contributed by atoms with E-state index in [1.54, 1.807) is 50.7 Å². The fraction of sp³-hybridized carbons (Fsp3) is 0.286. The van der Waals surface area contributed by atoms with Crippen molar-refractivity contribution >= 4 is 11.4 Å². The Kier molecular flexibility index (Phi) is 7.48. The van der Waals surface area contributed by atoms with Crippen molar-refractivity contribution in [2.24, 2.45) is 10.2 Å². The molecule has 200 valence electrons. The van der Waals surface area contributed by atoms with Crippen molar-refractivity contribution < 1.29 is 19.0 Å². The fourth-order valence-corrected chi connectivity index (χ4v) is 4.54. The smallest absolute Gasteiger partial charge is 0.266 e. The number of unbranched alkanes of at least 4 members (excludes halogenated alkanes) is 1. The molecule has 39 heavy (non-hydrogen) atoms. The monoisotopic (exact) mass is 528 g/mol. The first kappa shape index (κ1) is 25.8. The van der Waals surface area contributed by atoms with Gasteiger partial charge in [-0.25, -0.2) is 0 Å². The van der Waals surface area contributed by atoms with E-state index in [2.05, 4.69) is 37.3 Å². The molecule has 0 radical (unpaired) electrons. The summed E-state index contributed by atoms with van der Waals surface area (Å²) in [7, 11) is 3.09. The van der Waals surface area contributed by atoms with Crippen LogP contribution in [-0.4, -0.2) is 50.9 Å². The number of ether oxygens (including phenoxy) is 2. The van der Waals surface area contributed by atoms with Crippen LogP contribution < -0.4 is 15.0 Å². The van der Waals surface area contributed by atoms with E-state index in [0.717, 1.165) is 12.8 Å². The first-order chi connectivity index (χ1) is 19.0. The molecule has 4 aromatic rings.